The number of halogens is 2. The Morgan fingerprint density at radius 2 is 2.29 bits per heavy atom. The van der Waals surface area contributed by atoms with Crippen LogP contribution in [0.1, 0.15) is 24.3 Å². The zero-order valence-corrected chi connectivity index (χ0v) is 9.48. The van der Waals surface area contributed by atoms with E-state index >= 15 is 0 Å². The molecule has 1 fully saturated rings. The van der Waals surface area contributed by atoms with Gasteiger partial charge in [0, 0.05) is 6.54 Å². The molecule has 0 saturated carbocycles. The first-order valence-electron chi connectivity index (χ1n) is 4.93. The maximum Gasteiger partial charge on any atom is 0.137 e. The number of piperidine rings is 1. The molecule has 1 nitrogen and oxygen atoms in total. The first kappa shape index (κ1) is 10.1. The third kappa shape index (κ3) is 2.15. The maximum atomic E-state index is 13.0. The first-order valence-corrected chi connectivity index (χ1v) is 5.72. The monoisotopic (exact) mass is 257 g/mol. The van der Waals surface area contributed by atoms with Crippen LogP contribution < -0.4 is 5.32 Å². The Morgan fingerprint density at radius 3 is 2.93 bits per heavy atom. The fraction of sp³-hybridized carbons (Fsp3) is 0.455. The lowest BCUT2D eigenvalue weighted by atomic mass is 9.92. The molecule has 1 saturated heterocycles. The molecule has 2 rings (SSSR count). The van der Waals surface area contributed by atoms with E-state index in [9.17, 15) is 4.39 Å². The van der Waals surface area contributed by atoms with Crippen LogP contribution in [0.4, 0.5) is 4.39 Å². The molecule has 1 heterocycles. The van der Waals surface area contributed by atoms with Crippen LogP contribution in [0.15, 0.2) is 22.7 Å². The van der Waals surface area contributed by atoms with E-state index in [0.29, 0.717) is 10.4 Å². The maximum absolute atomic E-state index is 13.0. The van der Waals surface area contributed by atoms with Crippen LogP contribution in [-0.4, -0.2) is 13.1 Å². The summed E-state index contributed by atoms with van der Waals surface area (Å²) < 4.78 is 13.6. The van der Waals surface area contributed by atoms with Gasteiger partial charge < -0.3 is 5.32 Å². The smallest absolute Gasteiger partial charge is 0.137 e. The minimum Gasteiger partial charge on any atom is -0.316 e. The minimum absolute atomic E-state index is 0.183. The van der Waals surface area contributed by atoms with Crippen molar-refractivity contribution in [3.05, 3.63) is 34.1 Å². The third-order valence-corrected chi connectivity index (χ3v) is 3.32. The Balaban J connectivity index is 2.18. The lowest BCUT2D eigenvalue weighted by Crippen LogP contribution is -2.28. The molecule has 0 spiro atoms. The molecule has 1 aromatic carbocycles. The summed E-state index contributed by atoms with van der Waals surface area (Å²) in [6.45, 7) is 2.12. The highest BCUT2D eigenvalue weighted by atomic mass is 79.9. The lowest BCUT2D eigenvalue weighted by Gasteiger charge is -2.23. The predicted octanol–water partition coefficient (Wildman–Crippen LogP) is 3.06. The van der Waals surface area contributed by atoms with E-state index in [1.54, 1.807) is 0 Å². The summed E-state index contributed by atoms with van der Waals surface area (Å²) in [5.74, 6) is 0.359. The molecule has 76 valence electrons. The van der Waals surface area contributed by atoms with Crippen molar-refractivity contribution in [2.24, 2.45) is 0 Å². The van der Waals surface area contributed by atoms with E-state index in [1.807, 2.05) is 12.1 Å². The number of benzene rings is 1. The van der Waals surface area contributed by atoms with Gasteiger partial charge in [-0.05, 0) is 58.9 Å². The second kappa shape index (κ2) is 4.41. The molecule has 1 aromatic rings. The average molecular weight is 258 g/mol. The zero-order chi connectivity index (χ0) is 9.97. The Labute approximate surface area is 91.8 Å². The van der Waals surface area contributed by atoms with Gasteiger partial charge in [0.15, 0.2) is 0 Å². The third-order valence-electron chi connectivity index (χ3n) is 2.71. The van der Waals surface area contributed by atoms with Crippen LogP contribution in [0.25, 0.3) is 0 Å². The van der Waals surface area contributed by atoms with Crippen molar-refractivity contribution in [3.8, 4) is 0 Å². The Hall–Kier alpha value is -0.410. The molecule has 0 bridgehead atoms. The SMILES string of the molecule is Fc1ccc([C@H]2CCCNC2)cc1Br. The molecule has 1 aliphatic heterocycles. The standard InChI is InChI=1S/C11H13BrFN/c12-10-6-8(3-4-11(10)13)9-2-1-5-14-7-9/h3-4,6,9,14H,1-2,5,7H2/t9-/m0/s1. The largest absolute Gasteiger partial charge is 0.316 e. The molecule has 1 N–H and O–H groups in total. The molecule has 0 unspecified atom stereocenters. The van der Waals surface area contributed by atoms with Crippen molar-refractivity contribution in [1.82, 2.24) is 5.32 Å². The van der Waals surface area contributed by atoms with Gasteiger partial charge in [0.05, 0.1) is 4.47 Å². The van der Waals surface area contributed by atoms with E-state index < -0.39 is 0 Å². The molecule has 0 radical (unpaired) electrons. The second-order valence-electron chi connectivity index (χ2n) is 3.72. The summed E-state index contributed by atoms with van der Waals surface area (Å²) in [7, 11) is 0. The van der Waals surface area contributed by atoms with Crippen molar-refractivity contribution < 1.29 is 4.39 Å². The van der Waals surface area contributed by atoms with Crippen LogP contribution in [-0.2, 0) is 0 Å². The number of hydrogen-bond donors (Lipinski definition) is 1. The number of nitrogens with one attached hydrogen (secondary N) is 1. The second-order valence-corrected chi connectivity index (χ2v) is 4.57. The normalized spacial score (nSPS) is 22.3. The predicted molar refractivity (Wildman–Crippen MR) is 58.9 cm³/mol. The number of rotatable bonds is 1. The Morgan fingerprint density at radius 1 is 1.43 bits per heavy atom. The zero-order valence-electron chi connectivity index (χ0n) is 7.89. The average Bonchev–Trinajstić information content (AvgIpc) is 2.23. The van der Waals surface area contributed by atoms with E-state index in [4.69, 9.17) is 0 Å². The van der Waals surface area contributed by atoms with E-state index in [0.717, 1.165) is 13.1 Å². The molecular weight excluding hydrogens is 245 g/mol. The van der Waals surface area contributed by atoms with Crippen molar-refractivity contribution in [2.75, 3.05) is 13.1 Å². The highest BCUT2D eigenvalue weighted by Gasteiger charge is 2.15. The summed E-state index contributed by atoms with van der Waals surface area (Å²) in [6, 6.07) is 5.32. The van der Waals surface area contributed by atoms with Crippen LogP contribution in [0.5, 0.6) is 0 Å². The van der Waals surface area contributed by atoms with Gasteiger partial charge in [0.25, 0.3) is 0 Å². The van der Waals surface area contributed by atoms with E-state index in [1.165, 1.54) is 24.5 Å². The van der Waals surface area contributed by atoms with Crippen LogP contribution in [0.3, 0.4) is 0 Å². The Kier molecular flexibility index (Phi) is 3.19. The molecule has 0 aliphatic carbocycles. The summed E-state index contributed by atoms with van der Waals surface area (Å²) >= 11 is 3.22. The molecule has 1 aliphatic rings. The van der Waals surface area contributed by atoms with Gasteiger partial charge in [-0.3, -0.25) is 0 Å². The fourth-order valence-corrected chi connectivity index (χ4v) is 2.30. The highest BCUT2D eigenvalue weighted by molar-refractivity contribution is 9.10. The lowest BCUT2D eigenvalue weighted by molar-refractivity contribution is 0.461. The molecule has 14 heavy (non-hydrogen) atoms. The van der Waals surface area contributed by atoms with Gasteiger partial charge in [-0.25, -0.2) is 4.39 Å². The van der Waals surface area contributed by atoms with Crippen molar-refractivity contribution in [2.45, 2.75) is 18.8 Å². The van der Waals surface area contributed by atoms with Gasteiger partial charge in [0.2, 0.25) is 0 Å². The summed E-state index contributed by atoms with van der Waals surface area (Å²) in [4.78, 5) is 0. The van der Waals surface area contributed by atoms with E-state index in [-0.39, 0.29) is 5.82 Å². The summed E-state index contributed by atoms with van der Waals surface area (Å²) in [5.41, 5.74) is 1.23. The van der Waals surface area contributed by atoms with Gasteiger partial charge in [0.1, 0.15) is 5.82 Å². The van der Waals surface area contributed by atoms with Crippen LogP contribution in [0.2, 0.25) is 0 Å². The molecule has 0 aromatic heterocycles. The molecule has 3 heteroatoms. The Bertz CT molecular complexity index is 321. The van der Waals surface area contributed by atoms with Gasteiger partial charge >= 0.3 is 0 Å². The van der Waals surface area contributed by atoms with Crippen molar-refractivity contribution in [3.63, 3.8) is 0 Å². The topological polar surface area (TPSA) is 12.0 Å². The quantitative estimate of drug-likeness (QED) is 0.816. The fourth-order valence-electron chi connectivity index (χ4n) is 1.90. The molecule has 1 atom stereocenters. The van der Waals surface area contributed by atoms with Gasteiger partial charge in [-0.15, -0.1) is 0 Å². The van der Waals surface area contributed by atoms with Crippen LogP contribution in [0, 0.1) is 5.82 Å². The van der Waals surface area contributed by atoms with Crippen molar-refractivity contribution in [1.29, 1.82) is 0 Å². The van der Waals surface area contributed by atoms with Crippen molar-refractivity contribution >= 4 is 15.9 Å². The first-order chi connectivity index (χ1) is 6.77. The summed E-state index contributed by atoms with van der Waals surface area (Å²) in [6.07, 6.45) is 2.41. The highest BCUT2D eigenvalue weighted by Crippen LogP contribution is 2.26. The van der Waals surface area contributed by atoms with Crippen LogP contribution >= 0.6 is 15.9 Å². The van der Waals surface area contributed by atoms with Gasteiger partial charge in [-0.2, -0.15) is 0 Å². The molecule has 0 amide bonds. The van der Waals surface area contributed by atoms with E-state index in [2.05, 4.69) is 21.2 Å². The number of hydrogen-bond acceptors (Lipinski definition) is 1. The summed E-state index contributed by atoms with van der Waals surface area (Å²) in [5, 5.41) is 3.36. The van der Waals surface area contributed by atoms with Gasteiger partial charge in [-0.1, -0.05) is 6.07 Å². The minimum atomic E-state index is -0.183. The molecular formula is C11H13BrFN.